The fourth-order valence-corrected chi connectivity index (χ4v) is 2.20. The third kappa shape index (κ3) is 3.47. The maximum Gasteiger partial charge on any atom is 0.251 e. The number of carbonyl (C=O) groups excluding carboxylic acids is 1. The Labute approximate surface area is 107 Å². The summed E-state index contributed by atoms with van der Waals surface area (Å²) in [7, 11) is 0. The van der Waals surface area contributed by atoms with Crippen LogP contribution in [-0.4, -0.2) is 12.5 Å². The number of nitrogens with one attached hydrogen (secondary N) is 1. The molecule has 92 valence electrons. The Kier molecular flexibility index (Phi) is 4.43. The van der Waals surface area contributed by atoms with Crippen molar-refractivity contribution in [1.29, 1.82) is 0 Å². The number of hydrogen-bond acceptors (Lipinski definition) is 1. The molecule has 17 heavy (non-hydrogen) atoms. The van der Waals surface area contributed by atoms with Crippen LogP contribution in [0, 0.1) is 5.92 Å². The lowest BCUT2D eigenvalue weighted by Gasteiger charge is -2.25. The molecule has 3 heteroatoms. The first-order chi connectivity index (χ1) is 8.29. The standard InChI is InChI=1S/C14H18ClNO/c15-10-12-4-6-13(7-5-12)14(17)16-9-8-11-2-1-3-11/h4-7,11H,1-3,8-10H2,(H,16,17). The summed E-state index contributed by atoms with van der Waals surface area (Å²) in [6, 6.07) is 7.45. The van der Waals surface area contributed by atoms with Gasteiger partial charge in [0.15, 0.2) is 0 Å². The van der Waals surface area contributed by atoms with Crippen molar-refractivity contribution in [3.63, 3.8) is 0 Å². The van der Waals surface area contributed by atoms with Gasteiger partial charge in [-0.25, -0.2) is 0 Å². The third-order valence-corrected chi connectivity index (χ3v) is 3.74. The Hall–Kier alpha value is -1.02. The lowest BCUT2D eigenvalue weighted by atomic mass is 9.83. The zero-order chi connectivity index (χ0) is 12.1. The van der Waals surface area contributed by atoms with Crippen LogP contribution in [0.1, 0.15) is 41.6 Å². The molecule has 1 aliphatic rings. The number of halogens is 1. The van der Waals surface area contributed by atoms with Crippen LogP contribution in [0.2, 0.25) is 0 Å². The SMILES string of the molecule is O=C(NCCC1CCC1)c1ccc(CCl)cc1. The number of hydrogen-bond donors (Lipinski definition) is 1. The van der Waals surface area contributed by atoms with Crippen LogP contribution < -0.4 is 5.32 Å². The van der Waals surface area contributed by atoms with E-state index >= 15 is 0 Å². The number of benzene rings is 1. The normalized spacial score (nSPS) is 15.4. The van der Waals surface area contributed by atoms with E-state index in [0.717, 1.165) is 24.4 Å². The first-order valence-corrected chi connectivity index (χ1v) is 6.76. The topological polar surface area (TPSA) is 29.1 Å². The molecule has 0 aliphatic heterocycles. The highest BCUT2D eigenvalue weighted by molar-refractivity contribution is 6.17. The van der Waals surface area contributed by atoms with Crippen molar-refractivity contribution in [3.8, 4) is 0 Å². The van der Waals surface area contributed by atoms with Gasteiger partial charge in [-0.3, -0.25) is 4.79 Å². The molecule has 2 nitrogen and oxygen atoms in total. The molecule has 2 rings (SSSR count). The van der Waals surface area contributed by atoms with Crippen molar-refractivity contribution in [2.45, 2.75) is 31.6 Å². The minimum absolute atomic E-state index is 0.0189. The molecule has 1 aromatic rings. The van der Waals surface area contributed by atoms with Crippen LogP contribution in [0.15, 0.2) is 24.3 Å². The predicted octanol–water partition coefficient (Wildman–Crippen LogP) is 3.35. The lowest BCUT2D eigenvalue weighted by Crippen LogP contribution is -2.27. The number of alkyl halides is 1. The Morgan fingerprint density at radius 3 is 2.53 bits per heavy atom. The van der Waals surface area contributed by atoms with Crippen molar-refractivity contribution in [2.24, 2.45) is 5.92 Å². The Morgan fingerprint density at radius 1 is 1.29 bits per heavy atom. The first kappa shape index (κ1) is 12.4. The number of rotatable bonds is 5. The fourth-order valence-electron chi connectivity index (χ4n) is 2.02. The minimum atomic E-state index is 0.0189. The van der Waals surface area contributed by atoms with E-state index in [9.17, 15) is 4.79 Å². The van der Waals surface area contributed by atoms with Crippen LogP contribution >= 0.6 is 11.6 Å². The van der Waals surface area contributed by atoms with Gasteiger partial charge in [0.25, 0.3) is 5.91 Å². The van der Waals surface area contributed by atoms with Crippen molar-refractivity contribution < 1.29 is 4.79 Å². The van der Waals surface area contributed by atoms with Gasteiger partial charge < -0.3 is 5.32 Å². The monoisotopic (exact) mass is 251 g/mol. The van der Waals surface area contributed by atoms with Crippen molar-refractivity contribution in [2.75, 3.05) is 6.54 Å². The second-order valence-electron chi connectivity index (χ2n) is 4.67. The largest absolute Gasteiger partial charge is 0.352 e. The molecule has 0 heterocycles. The summed E-state index contributed by atoms with van der Waals surface area (Å²) in [5, 5.41) is 2.96. The van der Waals surface area contributed by atoms with Gasteiger partial charge in [-0.1, -0.05) is 31.4 Å². The van der Waals surface area contributed by atoms with E-state index in [1.807, 2.05) is 24.3 Å². The highest BCUT2D eigenvalue weighted by Gasteiger charge is 2.16. The number of amides is 1. The van der Waals surface area contributed by atoms with Crippen molar-refractivity contribution in [1.82, 2.24) is 5.32 Å². The molecule has 1 aromatic carbocycles. The summed E-state index contributed by atoms with van der Waals surface area (Å²) in [6.45, 7) is 0.792. The molecule has 0 atom stereocenters. The molecule has 1 saturated carbocycles. The molecule has 1 amide bonds. The minimum Gasteiger partial charge on any atom is -0.352 e. The molecule has 1 aliphatic carbocycles. The van der Waals surface area contributed by atoms with E-state index < -0.39 is 0 Å². The van der Waals surface area contributed by atoms with E-state index in [0.29, 0.717) is 11.4 Å². The average Bonchev–Trinajstić information content (AvgIpc) is 2.32. The molecule has 0 radical (unpaired) electrons. The highest BCUT2D eigenvalue weighted by atomic mass is 35.5. The van der Waals surface area contributed by atoms with E-state index in [-0.39, 0.29) is 5.91 Å². The molecule has 0 spiro atoms. The third-order valence-electron chi connectivity index (χ3n) is 3.43. The molecule has 0 saturated heterocycles. The zero-order valence-corrected chi connectivity index (χ0v) is 10.7. The average molecular weight is 252 g/mol. The van der Waals surface area contributed by atoms with Crippen molar-refractivity contribution in [3.05, 3.63) is 35.4 Å². The quantitative estimate of drug-likeness (QED) is 0.799. The van der Waals surface area contributed by atoms with Crippen LogP contribution in [0.4, 0.5) is 0 Å². The zero-order valence-electron chi connectivity index (χ0n) is 9.92. The highest BCUT2D eigenvalue weighted by Crippen LogP contribution is 2.28. The van der Waals surface area contributed by atoms with Gasteiger partial charge in [0, 0.05) is 18.0 Å². The molecule has 0 aromatic heterocycles. The van der Waals surface area contributed by atoms with E-state index in [2.05, 4.69) is 5.32 Å². The van der Waals surface area contributed by atoms with Crippen LogP contribution in [0.25, 0.3) is 0 Å². The van der Waals surface area contributed by atoms with E-state index in [1.165, 1.54) is 19.3 Å². The van der Waals surface area contributed by atoms with Gasteiger partial charge in [-0.05, 0) is 30.0 Å². The second kappa shape index (κ2) is 6.06. The summed E-state index contributed by atoms with van der Waals surface area (Å²) in [5.41, 5.74) is 1.75. The molecular formula is C14H18ClNO. The molecule has 1 N–H and O–H groups in total. The summed E-state index contributed by atoms with van der Waals surface area (Å²) < 4.78 is 0. The summed E-state index contributed by atoms with van der Waals surface area (Å²) >= 11 is 5.70. The molecular weight excluding hydrogens is 234 g/mol. The summed E-state index contributed by atoms with van der Waals surface area (Å²) in [4.78, 5) is 11.8. The Morgan fingerprint density at radius 2 is 2.00 bits per heavy atom. The molecule has 0 bridgehead atoms. The van der Waals surface area contributed by atoms with E-state index in [1.54, 1.807) is 0 Å². The Bertz CT molecular complexity index is 370. The summed E-state index contributed by atoms with van der Waals surface area (Å²) in [5.74, 6) is 1.35. The van der Waals surface area contributed by atoms with E-state index in [4.69, 9.17) is 11.6 Å². The van der Waals surface area contributed by atoms with Gasteiger partial charge in [-0.2, -0.15) is 0 Å². The maximum absolute atomic E-state index is 11.8. The van der Waals surface area contributed by atoms with Crippen LogP contribution in [-0.2, 0) is 5.88 Å². The van der Waals surface area contributed by atoms with Gasteiger partial charge in [0.2, 0.25) is 0 Å². The van der Waals surface area contributed by atoms with Gasteiger partial charge >= 0.3 is 0 Å². The van der Waals surface area contributed by atoms with Gasteiger partial charge in [-0.15, -0.1) is 11.6 Å². The van der Waals surface area contributed by atoms with Gasteiger partial charge in [0.1, 0.15) is 0 Å². The number of carbonyl (C=O) groups is 1. The van der Waals surface area contributed by atoms with Crippen LogP contribution in [0.3, 0.4) is 0 Å². The van der Waals surface area contributed by atoms with Crippen molar-refractivity contribution >= 4 is 17.5 Å². The van der Waals surface area contributed by atoms with Gasteiger partial charge in [0.05, 0.1) is 0 Å². The van der Waals surface area contributed by atoms with Crippen LogP contribution in [0.5, 0.6) is 0 Å². The fraction of sp³-hybridized carbons (Fsp3) is 0.500. The second-order valence-corrected chi connectivity index (χ2v) is 4.94. The smallest absolute Gasteiger partial charge is 0.251 e. The lowest BCUT2D eigenvalue weighted by molar-refractivity contribution is 0.0949. The predicted molar refractivity (Wildman–Crippen MR) is 70.3 cm³/mol. The summed E-state index contributed by atoms with van der Waals surface area (Å²) in [6.07, 6.45) is 5.14. The molecule has 1 fully saturated rings. The Balaban J connectivity index is 1.77. The molecule has 0 unspecified atom stereocenters. The maximum atomic E-state index is 11.8. The first-order valence-electron chi connectivity index (χ1n) is 6.22.